The summed E-state index contributed by atoms with van der Waals surface area (Å²) < 4.78 is 10.8. The Morgan fingerprint density at radius 3 is 2.53 bits per heavy atom. The Morgan fingerprint density at radius 2 is 1.91 bits per heavy atom. The highest BCUT2D eigenvalue weighted by molar-refractivity contribution is 5.86. The van der Waals surface area contributed by atoms with Crippen LogP contribution in [0.15, 0.2) is 55.6 Å². The maximum atomic E-state index is 13.5. The highest BCUT2D eigenvalue weighted by Gasteiger charge is 2.35. The fourth-order valence-corrected chi connectivity index (χ4v) is 3.75. The van der Waals surface area contributed by atoms with Crippen LogP contribution in [-0.2, 0) is 20.9 Å². The maximum Gasteiger partial charge on any atom is 0.410 e. The second-order valence-corrected chi connectivity index (χ2v) is 9.28. The largest absolute Gasteiger partial charge is 0.445 e. The summed E-state index contributed by atoms with van der Waals surface area (Å²) in [5.41, 5.74) is 0.252. The predicted molar refractivity (Wildman–Crippen MR) is 131 cm³/mol. The number of alkyl carbamates (subject to hydrolysis) is 1. The van der Waals surface area contributed by atoms with Crippen molar-refractivity contribution in [1.82, 2.24) is 15.1 Å². The Balaban J connectivity index is 2.06. The molecule has 0 aliphatic carbocycles. The predicted octanol–water partition coefficient (Wildman–Crippen LogP) is 4.27. The van der Waals surface area contributed by atoms with Gasteiger partial charge in [0.05, 0.1) is 0 Å². The molecule has 1 N–H and O–H groups in total. The SMILES string of the molecule is C=CC[C@@H](NC(=O)OCc1ccccc1)C(=O)N(CC=C)[C@@H]1CCCN(C(=O)OC(C)(C)C)C1. The summed E-state index contributed by atoms with van der Waals surface area (Å²) in [5.74, 6) is -0.271. The molecule has 2 atom stereocenters. The Morgan fingerprint density at radius 1 is 1.21 bits per heavy atom. The van der Waals surface area contributed by atoms with Crippen molar-refractivity contribution in [2.45, 2.75) is 64.3 Å². The van der Waals surface area contributed by atoms with E-state index >= 15 is 0 Å². The molecule has 1 heterocycles. The van der Waals surface area contributed by atoms with Crippen LogP contribution in [-0.4, -0.2) is 65.2 Å². The van der Waals surface area contributed by atoms with E-state index in [1.54, 1.807) is 22.0 Å². The zero-order valence-electron chi connectivity index (χ0n) is 20.5. The van der Waals surface area contributed by atoms with E-state index in [1.165, 1.54) is 0 Å². The van der Waals surface area contributed by atoms with Gasteiger partial charge in [0.25, 0.3) is 0 Å². The number of likely N-dealkylation sites (tertiary alicyclic amines) is 1. The summed E-state index contributed by atoms with van der Waals surface area (Å²) in [6.45, 7) is 14.3. The Labute approximate surface area is 202 Å². The first-order valence-electron chi connectivity index (χ1n) is 11.6. The van der Waals surface area contributed by atoms with Gasteiger partial charge in [-0.25, -0.2) is 9.59 Å². The molecule has 0 aromatic heterocycles. The summed E-state index contributed by atoms with van der Waals surface area (Å²) in [4.78, 5) is 41.7. The van der Waals surface area contributed by atoms with Gasteiger partial charge in [-0.05, 0) is 45.6 Å². The standard InChI is InChI=1S/C26H37N3O5/c1-6-12-22(27-24(31)33-19-20-13-9-8-10-14-20)23(30)29(16-7-2)21-15-11-17-28(18-21)25(32)34-26(3,4)5/h6-10,13-14,21-22H,1-2,11-12,15-19H2,3-5H3,(H,27,31)/t21-,22-/m1/s1. The van der Waals surface area contributed by atoms with Gasteiger partial charge in [-0.2, -0.15) is 0 Å². The van der Waals surface area contributed by atoms with Crippen LogP contribution in [0.5, 0.6) is 0 Å². The number of hydrogen-bond donors (Lipinski definition) is 1. The minimum atomic E-state index is -0.836. The molecule has 1 aromatic carbocycles. The molecule has 186 valence electrons. The Hall–Kier alpha value is -3.29. The first-order chi connectivity index (χ1) is 16.1. The van der Waals surface area contributed by atoms with E-state index in [4.69, 9.17) is 9.47 Å². The number of rotatable bonds is 9. The number of carbonyl (C=O) groups excluding carboxylic acids is 3. The van der Waals surface area contributed by atoms with E-state index in [0.29, 0.717) is 19.6 Å². The van der Waals surface area contributed by atoms with Crippen molar-refractivity contribution in [2.24, 2.45) is 0 Å². The summed E-state index contributed by atoms with van der Waals surface area (Å²) >= 11 is 0. The topological polar surface area (TPSA) is 88.2 Å². The molecule has 2 rings (SSSR count). The van der Waals surface area contributed by atoms with Crippen molar-refractivity contribution in [3.8, 4) is 0 Å². The second-order valence-electron chi connectivity index (χ2n) is 9.28. The monoisotopic (exact) mass is 471 g/mol. The molecule has 1 aliphatic rings. The van der Waals surface area contributed by atoms with Crippen LogP contribution in [0.2, 0.25) is 0 Å². The van der Waals surface area contributed by atoms with E-state index < -0.39 is 23.8 Å². The van der Waals surface area contributed by atoms with Crippen LogP contribution in [0.1, 0.15) is 45.6 Å². The molecule has 0 spiro atoms. The molecule has 8 nitrogen and oxygen atoms in total. The number of carbonyl (C=O) groups is 3. The number of piperidine rings is 1. The van der Waals surface area contributed by atoms with Crippen molar-refractivity contribution in [3.05, 3.63) is 61.2 Å². The van der Waals surface area contributed by atoms with Gasteiger partial charge in [-0.3, -0.25) is 4.79 Å². The molecule has 1 fully saturated rings. The minimum absolute atomic E-state index is 0.103. The van der Waals surface area contributed by atoms with Crippen molar-refractivity contribution in [3.63, 3.8) is 0 Å². The summed E-state index contributed by atoms with van der Waals surface area (Å²) in [5, 5.41) is 2.67. The van der Waals surface area contributed by atoms with Crippen LogP contribution in [0.3, 0.4) is 0 Å². The smallest absolute Gasteiger partial charge is 0.410 e. The summed E-state index contributed by atoms with van der Waals surface area (Å²) in [7, 11) is 0. The van der Waals surface area contributed by atoms with Gasteiger partial charge < -0.3 is 24.6 Å². The van der Waals surface area contributed by atoms with Gasteiger partial charge in [0.15, 0.2) is 0 Å². The van der Waals surface area contributed by atoms with Crippen LogP contribution < -0.4 is 5.32 Å². The third-order valence-electron chi connectivity index (χ3n) is 5.30. The fourth-order valence-electron chi connectivity index (χ4n) is 3.75. The van der Waals surface area contributed by atoms with Gasteiger partial charge >= 0.3 is 12.2 Å². The van der Waals surface area contributed by atoms with E-state index in [-0.39, 0.29) is 25.0 Å². The fraction of sp³-hybridized carbons (Fsp3) is 0.500. The molecular formula is C26H37N3O5. The van der Waals surface area contributed by atoms with Gasteiger partial charge in [-0.1, -0.05) is 42.5 Å². The maximum absolute atomic E-state index is 13.5. The first kappa shape index (κ1) is 27.0. The second kappa shape index (κ2) is 12.8. The third kappa shape index (κ3) is 8.57. The lowest BCUT2D eigenvalue weighted by Crippen LogP contribution is -2.57. The Kier molecular flexibility index (Phi) is 10.2. The van der Waals surface area contributed by atoms with Crippen LogP contribution in [0.4, 0.5) is 9.59 Å². The van der Waals surface area contributed by atoms with Crippen LogP contribution in [0, 0.1) is 0 Å². The summed E-state index contributed by atoms with van der Waals surface area (Å²) in [6.07, 6.45) is 3.87. The quantitative estimate of drug-likeness (QED) is 0.544. The number of amides is 3. The lowest BCUT2D eigenvalue weighted by atomic mass is 10.0. The average molecular weight is 472 g/mol. The molecule has 1 aromatic rings. The molecule has 34 heavy (non-hydrogen) atoms. The first-order valence-corrected chi connectivity index (χ1v) is 11.6. The van der Waals surface area contributed by atoms with E-state index in [1.807, 2.05) is 51.1 Å². The van der Waals surface area contributed by atoms with Crippen LogP contribution in [0.25, 0.3) is 0 Å². The van der Waals surface area contributed by atoms with Gasteiger partial charge in [-0.15, -0.1) is 13.2 Å². The van der Waals surface area contributed by atoms with E-state index in [2.05, 4.69) is 18.5 Å². The van der Waals surface area contributed by atoms with E-state index in [0.717, 1.165) is 18.4 Å². The summed E-state index contributed by atoms with van der Waals surface area (Å²) in [6, 6.07) is 8.25. The lowest BCUT2D eigenvalue weighted by molar-refractivity contribution is -0.136. The number of hydrogen-bond acceptors (Lipinski definition) is 5. The normalized spacial score (nSPS) is 16.7. The van der Waals surface area contributed by atoms with Crippen LogP contribution >= 0.6 is 0 Å². The number of nitrogens with zero attached hydrogens (tertiary/aromatic N) is 2. The Bertz CT molecular complexity index is 850. The number of nitrogens with one attached hydrogen (secondary N) is 1. The zero-order valence-corrected chi connectivity index (χ0v) is 20.5. The van der Waals surface area contributed by atoms with E-state index in [9.17, 15) is 14.4 Å². The average Bonchev–Trinajstić information content (AvgIpc) is 2.80. The van der Waals surface area contributed by atoms with Gasteiger partial charge in [0.1, 0.15) is 18.2 Å². The van der Waals surface area contributed by atoms with Crippen molar-refractivity contribution in [1.29, 1.82) is 0 Å². The third-order valence-corrected chi connectivity index (χ3v) is 5.30. The zero-order chi connectivity index (χ0) is 25.1. The van der Waals surface area contributed by atoms with Crippen molar-refractivity contribution < 1.29 is 23.9 Å². The number of benzene rings is 1. The molecule has 0 saturated carbocycles. The highest BCUT2D eigenvalue weighted by atomic mass is 16.6. The van der Waals surface area contributed by atoms with Crippen molar-refractivity contribution >= 4 is 18.1 Å². The molecule has 3 amide bonds. The molecule has 1 aliphatic heterocycles. The number of ether oxygens (including phenoxy) is 2. The van der Waals surface area contributed by atoms with Gasteiger partial charge in [0.2, 0.25) is 5.91 Å². The molecular weight excluding hydrogens is 434 g/mol. The van der Waals surface area contributed by atoms with Crippen molar-refractivity contribution in [2.75, 3.05) is 19.6 Å². The molecule has 1 saturated heterocycles. The molecule has 0 radical (unpaired) electrons. The molecule has 8 heteroatoms. The highest BCUT2D eigenvalue weighted by Crippen LogP contribution is 2.20. The van der Waals surface area contributed by atoms with Gasteiger partial charge in [0, 0.05) is 25.7 Å². The molecule has 0 unspecified atom stereocenters. The lowest BCUT2D eigenvalue weighted by Gasteiger charge is -2.40. The minimum Gasteiger partial charge on any atom is -0.445 e. The molecule has 0 bridgehead atoms.